The van der Waals surface area contributed by atoms with Crippen LogP contribution in [0, 0.1) is 0 Å². The van der Waals surface area contributed by atoms with Crippen molar-refractivity contribution in [3.05, 3.63) is 29.8 Å². The third kappa shape index (κ3) is 4.96. The van der Waals surface area contributed by atoms with Crippen LogP contribution in [0.1, 0.15) is 10.4 Å². The lowest BCUT2D eigenvalue weighted by molar-refractivity contribution is -0.0849. The van der Waals surface area contributed by atoms with Gasteiger partial charge in [-0.2, -0.15) is 0 Å². The standard InChI is InChI=1S/C14H18N2O4S/c1-18-13(17)10-2-4-11(5-3-10)16-14(21)15-8-12-9-19-6-7-20-12/h2-5,12H,6-9H2,1H3,(H2,15,16,21). The van der Waals surface area contributed by atoms with E-state index in [-0.39, 0.29) is 12.1 Å². The van der Waals surface area contributed by atoms with Crippen LogP contribution < -0.4 is 10.6 Å². The molecule has 0 radical (unpaired) electrons. The Kier molecular flexibility index (Phi) is 5.91. The Morgan fingerprint density at radius 2 is 2.14 bits per heavy atom. The average Bonchev–Trinajstić information content (AvgIpc) is 2.54. The summed E-state index contributed by atoms with van der Waals surface area (Å²) in [6.07, 6.45) is 0.0141. The van der Waals surface area contributed by atoms with E-state index < -0.39 is 0 Å². The van der Waals surface area contributed by atoms with Gasteiger partial charge in [-0.05, 0) is 36.5 Å². The molecule has 1 saturated heterocycles. The molecule has 0 aliphatic carbocycles. The number of anilines is 1. The van der Waals surface area contributed by atoms with Crippen molar-refractivity contribution in [1.29, 1.82) is 0 Å². The number of esters is 1. The van der Waals surface area contributed by atoms with E-state index in [4.69, 9.17) is 21.7 Å². The molecule has 0 spiro atoms. The van der Waals surface area contributed by atoms with Crippen LogP contribution in [0.15, 0.2) is 24.3 Å². The van der Waals surface area contributed by atoms with E-state index >= 15 is 0 Å². The van der Waals surface area contributed by atoms with Crippen molar-refractivity contribution in [3.8, 4) is 0 Å². The quantitative estimate of drug-likeness (QED) is 0.639. The third-order valence-electron chi connectivity index (χ3n) is 2.94. The monoisotopic (exact) mass is 310 g/mol. The molecule has 1 aromatic rings. The number of hydrogen-bond acceptors (Lipinski definition) is 5. The molecule has 1 fully saturated rings. The smallest absolute Gasteiger partial charge is 0.337 e. The predicted molar refractivity (Wildman–Crippen MR) is 82.6 cm³/mol. The normalized spacial score (nSPS) is 17.9. The zero-order valence-corrected chi connectivity index (χ0v) is 12.6. The highest BCUT2D eigenvalue weighted by Crippen LogP contribution is 2.10. The molecule has 2 rings (SSSR count). The summed E-state index contributed by atoms with van der Waals surface area (Å²) in [7, 11) is 1.35. The average molecular weight is 310 g/mol. The number of ether oxygens (including phenoxy) is 3. The van der Waals surface area contributed by atoms with E-state index in [1.54, 1.807) is 24.3 Å². The molecule has 1 aliphatic rings. The minimum atomic E-state index is -0.364. The Balaban J connectivity index is 1.77. The van der Waals surface area contributed by atoms with Gasteiger partial charge in [0.2, 0.25) is 0 Å². The van der Waals surface area contributed by atoms with Gasteiger partial charge < -0.3 is 24.8 Å². The van der Waals surface area contributed by atoms with Gasteiger partial charge >= 0.3 is 5.97 Å². The van der Waals surface area contributed by atoms with Crippen LogP contribution in [0.3, 0.4) is 0 Å². The maximum absolute atomic E-state index is 11.3. The molecule has 6 nitrogen and oxygen atoms in total. The summed E-state index contributed by atoms with van der Waals surface area (Å²) in [5.41, 5.74) is 1.29. The molecular formula is C14H18N2O4S. The number of thiocarbonyl (C=S) groups is 1. The van der Waals surface area contributed by atoms with Crippen LogP contribution in [-0.4, -0.2) is 50.7 Å². The first-order valence-electron chi connectivity index (χ1n) is 6.61. The van der Waals surface area contributed by atoms with Crippen molar-refractivity contribution in [2.75, 3.05) is 38.8 Å². The largest absolute Gasteiger partial charge is 0.465 e. The molecule has 114 valence electrons. The summed E-state index contributed by atoms with van der Waals surface area (Å²) in [5.74, 6) is -0.364. The molecule has 1 aromatic carbocycles. The minimum absolute atomic E-state index is 0.0141. The molecule has 1 aliphatic heterocycles. The highest BCUT2D eigenvalue weighted by molar-refractivity contribution is 7.80. The van der Waals surface area contributed by atoms with Gasteiger partial charge in [0, 0.05) is 12.2 Å². The minimum Gasteiger partial charge on any atom is -0.465 e. The fourth-order valence-corrected chi connectivity index (χ4v) is 2.04. The number of methoxy groups -OCH3 is 1. The van der Waals surface area contributed by atoms with E-state index in [1.165, 1.54) is 7.11 Å². The zero-order valence-electron chi connectivity index (χ0n) is 11.8. The summed E-state index contributed by atoms with van der Waals surface area (Å²) in [6, 6.07) is 6.88. The second-order valence-corrected chi connectivity index (χ2v) is 4.88. The molecule has 7 heteroatoms. The fraction of sp³-hybridized carbons (Fsp3) is 0.429. The van der Waals surface area contributed by atoms with Gasteiger partial charge in [0.05, 0.1) is 38.6 Å². The second-order valence-electron chi connectivity index (χ2n) is 4.47. The van der Waals surface area contributed by atoms with Gasteiger partial charge in [-0.1, -0.05) is 0 Å². The summed E-state index contributed by atoms with van der Waals surface area (Å²) in [6.45, 7) is 2.42. The van der Waals surface area contributed by atoms with Crippen LogP contribution in [0.2, 0.25) is 0 Å². The SMILES string of the molecule is COC(=O)c1ccc(NC(=S)NCC2COCCO2)cc1. The van der Waals surface area contributed by atoms with Gasteiger partial charge in [-0.25, -0.2) is 4.79 Å². The van der Waals surface area contributed by atoms with Crippen LogP contribution in [-0.2, 0) is 14.2 Å². The lowest BCUT2D eigenvalue weighted by Crippen LogP contribution is -2.41. The molecule has 2 N–H and O–H groups in total. The van der Waals surface area contributed by atoms with E-state index in [2.05, 4.69) is 15.4 Å². The lowest BCUT2D eigenvalue weighted by Gasteiger charge is -2.23. The van der Waals surface area contributed by atoms with Crippen LogP contribution in [0.4, 0.5) is 5.69 Å². The van der Waals surface area contributed by atoms with Crippen LogP contribution in [0.25, 0.3) is 0 Å². The number of carbonyl (C=O) groups excluding carboxylic acids is 1. The fourth-order valence-electron chi connectivity index (χ4n) is 1.84. The maximum atomic E-state index is 11.3. The summed E-state index contributed by atoms with van der Waals surface area (Å²) < 4.78 is 15.5. The van der Waals surface area contributed by atoms with Crippen molar-refractivity contribution in [2.24, 2.45) is 0 Å². The molecule has 1 atom stereocenters. The highest BCUT2D eigenvalue weighted by atomic mass is 32.1. The number of hydrogen-bond donors (Lipinski definition) is 2. The van der Waals surface area contributed by atoms with Crippen molar-refractivity contribution in [3.63, 3.8) is 0 Å². The Morgan fingerprint density at radius 1 is 1.38 bits per heavy atom. The van der Waals surface area contributed by atoms with E-state index in [0.717, 1.165) is 5.69 Å². The summed E-state index contributed by atoms with van der Waals surface area (Å²) >= 11 is 5.20. The Morgan fingerprint density at radius 3 is 2.76 bits per heavy atom. The Hall–Kier alpha value is -1.70. The molecule has 21 heavy (non-hydrogen) atoms. The Bertz CT molecular complexity index is 486. The van der Waals surface area contributed by atoms with E-state index in [0.29, 0.717) is 37.0 Å². The molecule has 0 bridgehead atoms. The molecule has 1 heterocycles. The molecule has 1 unspecified atom stereocenters. The highest BCUT2D eigenvalue weighted by Gasteiger charge is 2.14. The first-order chi connectivity index (χ1) is 10.2. The third-order valence-corrected chi connectivity index (χ3v) is 3.19. The van der Waals surface area contributed by atoms with E-state index in [1.807, 2.05) is 0 Å². The predicted octanol–water partition coefficient (Wildman–Crippen LogP) is 1.17. The van der Waals surface area contributed by atoms with Gasteiger partial charge in [0.1, 0.15) is 0 Å². The van der Waals surface area contributed by atoms with E-state index in [9.17, 15) is 4.79 Å². The lowest BCUT2D eigenvalue weighted by atomic mass is 10.2. The first-order valence-corrected chi connectivity index (χ1v) is 7.02. The zero-order chi connectivity index (χ0) is 15.1. The van der Waals surface area contributed by atoms with Gasteiger partial charge in [0.25, 0.3) is 0 Å². The number of rotatable bonds is 4. The Labute approximate surface area is 128 Å². The molecular weight excluding hydrogens is 292 g/mol. The van der Waals surface area contributed by atoms with Gasteiger partial charge in [0.15, 0.2) is 5.11 Å². The summed E-state index contributed by atoms with van der Waals surface area (Å²) in [5, 5.41) is 6.61. The molecule has 0 saturated carbocycles. The van der Waals surface area contributed by atoms with Crippen LogP contribution in [0.5, 0.6) is 0 Å². The molecule has 0 amide bonds. The topological polar surface area (TPSA) is 68.8 Å². The molecule has 0 aromatic heterocycles. The van der Waals surface area contributed by atoms with Gasteiger partial charge in [-0.15, -0.1) is 0 Å². The first kappa shape index (κ1) is 15.7. The van der Waals surface area contributed by atoms with Crippen molar-refractivity contribution < 1.29 is 19.0 Å². The maximum Gasteiger partial charge on any atom is 0.337 e. The van der Waals surface area contributed by atoms with Crippen molar-refractivity contribution in [2.45, 2.75) is 6.10 Å². The van der Waals surface area contributed by atoms with Gasteiger partial charge in [-0.3, -0.25) is 0 Å². The second kappa shape index (κ2) is 7.92. The van der Waals surface area contributed by atoms with Crippen molar-refractivity contribution in [1.82, 2.24) is 5.32 Å². The number of nitrogens with one attached hydrogen (secondary N) is 2. The van der Waals surface area contributed by atoms with Crippen LogP contribution >= 0.6 is 12.2 Å². The van der Waals surface area contributed by atoms with Crippen molar-refractivity contribution >= 4 is 29.0 Å². The summed E-state index contributed by atoms with van der Waals surface area (Å²) in [4.78, 5) is 11.3. The number of benzene rings is 1. The number of carbonyl (C=O) groups is 1.